The molecule has 1 fully saturated rings. The average molecular weight is 393 g/mol. The molecule has 0 radical (unpaired) electrons. The Balaban J connectivity index is 1.83. The van der Waals surface area contributed by atoms with Gasteiger partial charge in [0.2, 0.25) is 15.9 Å². The van der Waals surface area contributed by atoms with Gasteiger partial charge in [-0.05, 0) is 30.7 Å². The number of nitrogens with zero attached hydrogens (tertiary/aromatic N) is 1. The third kappa shape index (κ3) is 3.73. The Labute approximate surface area is 156 Å². The highest BCUT2D eigenvalue weighted by atomic mass is 35.5. The summed E-state index contributed by atoms with van der Waals surface area (Å²) in [5, 5.41) is 2.94. The number of nitrogens with one attached hydrogen (secondary N) is 1. The largest absolute Gasteiger partial charge is 0.348 e. The van der Waals surface area contributed by atoms with Gasteiger partial charge in [0, 0.05) is 13.0 Å². The molecule has 1 N–H and O–H groups in total. The lowest BCUT2D eigenvalue weighted by Crippen LogP contribution is -2.30. The maximum Gasteiger partial charge on any atom is 0.253 e. The third-order valence-electron chi connectivity index (χ3n) is 4.04. The predicted octanol–water partition coefficient (Wildman–Crippen LogP) is 2.64. The molecule has 2 amide bonds. The molecule has 0 spiro atoms. The standard InChI is InChI=1S/C18H17ClN2O4S/c1-12-3-2-4-13(9-12)11-20-18(23)15-10-14(5-6-16(15)19)21-17(22)7-8-26(21,24)25/h2-6,9-10H,7-8,11H2,1H3,(H,20,23). The lowest BCUT2D eigenvalue weighted by Gasteiger charge is -2.16. The molecule has 136 valence electrons. The van der Waals surface area contributed by atoms with E-state index in [0.717, 1.165) is 15.4 Å². The van der Waals surface area contributed by atoms with Crippen molar-refractivity contribution in [3.63, 3.8) is 0 Å². The quantitative estimate of drug-likeness (QED) is 0.866. The Morgan fingerprint density at radius 3 is 2.65 bits per heavy atom. The van der Waals surface area contributed by atoms with Gasteiger partial charge < -0.3 is 5.32 Å². The van der Waals surface area contributed by atoms with Gasteiger partial charge in [0.05, 0.1) is 22.0 Å². The predicted molar refractivity (Wildman–Crippen MR) is 99.7 cm³/mol. The number of rotatable bonds is 4. The zero-order chi connectivity index (χ0) is 18.9. The minimum atomic E-state index is -3.70. The van der Waals surface area contributed by atoms with E-state index >= 15 is 0 Å². The molecule has 2 aromatic carbocycles. The van der Waals surface area contributed by atoms with Crippen molar-refractivity contribution in [1.29, 1.82) is 0 Å². The number of carbonyl (C=O) groups is 2. The van der Waals surface area contributed by atoms with E-state index in [-0.39, 0.29) is 28.4 Å². The van der Waals surface area contributed by atoms with Gasteiger partial charge in [-0.3, -0.25) is 9.59 Å². The van der Waals surface area contributed by atoms with Gasteiger partial charge in [0.15, 0.2) is 0 Å². The van der Waals surface area contributed by atoms with Crippen LogP contribution in [-0.4, -0.2) is 26.0 Å². The first-order valence-corrected chi connectivity index (χ1v) is 9.96. The summed E-state index contributed by atoms with van der Waals surface area (Å²) in [5.41, 5.74) is 2.25. The molecule has 3 rings (SSSR count). The van der Waals surface area contributed by atoms with Crippen molar-refractivity contribution in [2.75, 3.05) is 10.1 Å². The van der Waals surface area contributed by atoms with Crippen LogP contribution in [0.2, 0.25) is 5.02 Å². The van der Waals surface area contributed by atoms with E-state index < -0.39 is 21.8 Å². The molecular weight excluding hydrogens is 376 g/mol. The van der Waals surface area contributed by atoms with Gasteiger partial charge in [0.1, 0.15) is 0 Å². The second kappa shape index (κ2) is 7.09. The van der Waals surface area contributed by atoms with Gasteiger partial charge in [-0.1, -0.05) is 41.4 Å². The molecule has 0 aliphatic carbocycles. The van der Waals surface area contributed by atoms with Crippen LogP contribution in [0.5, 0.6) is 0 Å². The highest BCUT2D eigenvalue weighted by Gasteiger charge is 2.36. The number of aryl methyl sites for hydroxylation is 1. The SMILES string of the molecule is Cc1cccc(CNC(=O)c2cc(N3C(=O)CCS3(=O)=O)ccc2Cl)c1. The number of benzene rings is 2. The van der Waals surface area contributed by atoms with Crippen LogP contribution in [0, 0.1) is 6.92 Å². The Kier molecular flexibility index (Phi) is 5.02. The average Bonchev–Trinajstić information content (AvgIpc) is 2.86. The molecule has 8 heteroatoms. The summed E-state index contributed by atoms with van der Waals surface area (Å²) in [4.78, 5) is 24.4. The molecule has 0 atom stereocenters. The first-order valence-electron chi connectivity index (χ1n) is 7.97. The summed E-state index contributed by atoms with van der Waals surface area (Å²) >= 11 is 6.10. The highest BCUT2D eigenvalue weighted by molar-refractivity contribution is 7.94. The molecule has 1 aliphatic rings. The first-order chi connectivity index (χ1) is 12.3. The number of hydrogen-bond donors (Lipinski definition) is 1. The van der Waals surface area contributed by atoms with Crippen LogP contribution in [0.15, 0.2) is 42.5 Å². The number of sulfonamides is 1. The minimum Gasteiger partial charge on any atom is -0.348 e. The zero-order valence-electron chi connectivity index (χ0n) is 14.0. The lowest BCUT2D eigenvalue weighted by atomic mass is 10.1. The maximum atomic E-state index is 12.5. The van der Waals surface area contributed by atoms with Crippen LogP contribution in [0.4, 0.5) is 5.69 Å². The summed E-state index contributed by atoms with van der Waals surface area (Å²) in [6, 6.07) is 11.9. The van der Waals surface area contributed by atoms with Gasteiger partial charge in [-0.25, -0.2) is 12.7 Å². The molecule has 0 bridgehead atoms. The van der Waals surface area contributed by atoms with Crippen molar-refractivity contribution >= 4 is 39.1 Å². The minimum absolute atomic E-state index is 0.0696. The summed E-state index contributed by atoms with van der Waals surface area (Å²) in [7, 11) is -3.70. The third-order valence-corrected chi connectivity index (χ3v) is 6.06. The summed E-state index contributed by atoms with van der Waals surface area (Å²) in [6.45, 7) is 2.27. The van der Waals surface area contributed by atoms with Crippen molar-refractivity contribution in [3.8, 4) is 0 Å². The Morgan fingerprint density at radius 1 is 1.23 bits per heavy atom. The van der Waals surface area contributed by atoms with E-state index in [4.69, 9.17) is 11.6 Å². The van der Waals surface area contributed by atoms with E-state index in [0.29, 0.717) is 6.54 Å². The first kappa shape index (κ1) is 18.4. The molecule has 6 nitrogen and oxygen atoms in total. The van der Waals surface area contributed by atoms with Gasteiger partial charge in [-0.2, -0.15) is 0 Å². The van der Waals surface area contributed by atoms with Crippen LogP contribution in [0.1, 0.15) is 27.9 Å². The topological polar surface area (TPSA) is 83.6 Å². The molecular formula is C18H17ClN2O4S. The lowest BCUT2D eigenvalue weighted by molar-refractivity contribution is -0.116. The van der Waals surface area contributed by atoms with Crippen LogP contribution >= 0.6 is 11.6 Å². The Hall–Kier alpha value is -2.38. The highest BCUT2D eigenvalue weighted by Crippen LogP contribution is 2.29. The molecule has 0 saturated carbocycles. The fourth-order valence-corrected chi connectivity index (χ4v) is 4.44. The molecule has 2 aromatic rings. The molecule has 26 heavy (non-hydrogen) atoms. The van der Waals surface area contributed by atoms with E-state index in [1.54, 1.807) is 0 Å². The Bertz CT molecular complexity index is 988. The second-order valence-electron chi connectivity index (χ2n) is 6.06. The normalized spacial score (nSPS) is 15.9. The van der Waals surface area contributed by atoms with Gasteiger partial charge in [-0.15, -0.1) is 0 Å². The van der Waals surface area contributed by atoms with E-state index in [9.17, 15) is 18.0 Å². The van der Waals surface area contributed by atoms with Crippen LogP contribution < -0.4 is 9.62 Å². The van der Waals surface area contributed by atoms with Crippen molar-refractivity contribution in [3.05, 3.63) is 64.2 Å². The molecule has 0 aromatic heterocycles. The van der Waals surface area contributed by atoms with Crippen molar-refractivity contribution in [2.45, 2.75) is 19.9 Å². The fraction of sp³-hybridized carbons (Fsp3) is 0.222. The molecule has 1 aliphatic heterocycles. The number of halogens is 1. The monoisotopic (exact) mass is 392 g/mol. The Morgan fingerprint density at radius 2 is 2.00 bits per heavy atom. The van der Waals surface area contributed by atoms with Crippen molar-refractivity contribution in [2.24, 2.45) is 0 Å². The van der Waals surface area contributed by atoms with E-state index in [1.165, 1.54) is 18.2 Å². The van der Waals surface area contributed by atoms with Crippen molar-refractivity contribution in [1.82, 2.24) is 5.32 Å². The van der Waals surface area contributed by atoms with E-state index in [2.05, 4.69) is 5.32 Å². The maximum absolute atomic E-state index is 12.5. The number of hydrogen-bond acceptors (Lipinski definition) is 4. The van der Waals surface area contributed by atoms with E-state index in [1.807, 2.05) is 31.2 Å². The fourth-order valence-electron chi connectivity index (χ4n) is 2.78. The summed E-state index contributed by atoms with van der Waals surface area (Å²) < 4.78 is 24.8. The number of carbonyl (C=O) groups excluding carboxylic acids is 2. The molecule has 1 heterocycles. The van der Waals surface area contributed by atoms with Gasteiger partial charge in [0.25, 0.3) is 5.91 Å². The van der Waals surface area contributed by atoms with Crippen LogP contribution in [-0.2, 0) is 21.4 Å². The molecule has 1 saturated heterocycles. The van der Waals surface area contributed by atoms with Gasteiger partial charge >= 0.3 is 0 Å². The van der Waals surface area contributed by atoms with Crippen LogP contribution in [0.3, 0.4) is 0 Å². The van der Waals surface area contributed by atoms with Crippen molar-refractivity contribution < 1.29 is 18.0 Å². The summed E-state index contributed by atoms with van der Waals surface area (Å²) in [6.07, 6.45) is -0.0696. The number of amides is 2. The zero-order valence-corrected chi connectivity index (χ0v) is 15.6. The second-order valence-corrected chi connectivity index (χ2v) is 8.40. The number of anilines is 1. The molecule has 0 unspecified atom stereocenters. The smallest absolute Gasteiger partial charge is 0.253 e. The van der Waals surface area contributed by atoms with Crippen LogP contribution in [0.25, 0.3) is 0 Å². The summed E-state index contributed by atoms with van der Waals surface area (Å²) in [5.74, 6) is -1.19.